The Morgan fingerprint density at radius 1 is 0.618 bits per heavy atom. The van der Waals surface area contributed by atoms with Crippen molar-refractivity contribution in [3.63, 3.8) is 0 Å². The summed E-state index contributed by atoms with van der Waals surface area (Å²) < 4.78 is 14.9. The predicted molar refractivity (Wildman–Crippen MR) is 143 cm³/mol. The normalized spacial score (nSPS) is 10.8. The minimum absolute atomic E-state index is 0.236. The average Bonchev–Trinajstić information content (AvgIpc) is 2.88. The maximum absolute atomic E-state index is 14.9. The molecular weight excluding hydrogens is 415 g/mol. The second kappa shape index (κ2) is 11.7. The van der Waals surface area contributed by atoms with Crippen molar-refractivity contribution in [1.29, 1.82) is 0 Å². The van der Waals surface area contributed by atoms with Gasteiger partial charge in [-0.1, -0.05) is 99.2 Å². The van der Waals surface area contributed by atoms with Crippen molar-refractivity contribution < 1.29 is 4.39 Å². The third-order valence-corrected chi connectivity index (χ3v) is 6.52. The van der Waals surface area contributed by atoms with E-state index < -0.39 is 0 Å². The molecule has 0 fully saturated rings. The van der Waals surface area contributed by atoms with Gasteiger partial charge in [-0.15, -0.1) is 0 Å². The first-order valence-electron chi connectivity index (χ1n) is 12.6. The van der Waals surface area contributed by atoms with Crippen molar-refractivity contribution >= 4 is 10.8 Å². The summed E-state index contributed by atoms with van der Waals surface area (Å²) in [4.78, 5) is 0. The molecule has 0 heterocycles. The Kier molecular flexibility index (Phi) is 8.16. The monoisotopic (exact) mass is 448 g/mol. The molecule has 0 bridgehead atoms. The Bertz CT molecular complexity index is 1280. The summed E-state index contributed by atoms with van der Waals surface area (Å²) in [5.41, 5.74) is 6.67. The number of hydrogen-bond donors (Lipinski definition) is 0. The molecule has 0 spiro atoms. The lowest BCUT2D eigenvalue weighted by atomic mass is 10.0. The van der Waals surface area contributed by atoms with Gasteiger partial charge in [-0.05, 0) is 77.9 Å². The van der Waals surface area contributed by atoms with E-state index in [9.17, 15) is 4.39 Å². The van der Waals surface area contributed by atoms with Crippen molar-refractivity contribution in [3.8, 4) is 11.8 Å². The van der Waals surface area contributed by atoms with Gasteiger partial charge in [-0.3, -0.25) is 0 Å². The first-order valence-corrected chi connectivity index (χ1v) is 12.6. The molecule has 0 amide bonds. The first kappa shape index (κ1) is 23.8. The average molecular weight is 449 g/mol. The zero-order valence-electron chi connectivity index (χ0n) is 20.3. The Morgan fingerprint density at radius 2 is 1.24 bits per heavy atom. The highest BCUT2D eigenvalue weighted by Gasteiger charge is 2.06. The lowest BCUT2D eigenvalue weighted by Crippen LogP contribution is -1.93. The highest BCUT2D eigenvalue weighted by molar-refractivity contribution is 5.85. The van der Waals surface area contributed by atoms with Crippen LogP contribution in [0, 0.1) is 17.7 Å². The molecule has 0 radical (unpaired) electrons. The molecule has 0 unspecified atom stereocenters. The third kappa shape index (κ3) is 6.15. The second-order valence-electron chi connectivity index (χ2n) is 9.06. The van der Waals surface area contributed by atoms with Gasteiger partial charge in [0.25, 0.3) is 0 Å². The van der Waals surface area contributed by atoms with E-state index in [0.717, 1.165) is 30.2 Å². The van der Waals surface area contributed by atoms with Gasteiger partial charge in [0.15, 0.2) is 0 Å². The number of hydrogen-bond acceptors (Lipinski definition) is 0. The van der Waals surface area contributed by atoms with Gasteiger partial charge in [0.05, 0.1) is 5.56 Å². The summed E-state index contributed by atoms with van der Waals surface area (Å²) in [6.45, 7) is 4.35. The summed E-state index contributed by atoms with van der Waals surface area (Å²) in [5.74, 6) is 5.92. The van der Waals surface area contributed by atoms with E-state index in [2.05, 4.69) is 68.2 Å². The fraction of sp³-hybridized carbons (Fsp3) is 0.273. The van der Waals surface area contributed by atoms with E-state index >= 15 is 0 Å². The fourth-order valence-electron chi connectivity index (χ4n) is 4.29. The number of rotatable bonds is 8. The lowest BCUT2D eigenvalue weighted by Gasteiger charge is -2.05. The summed E-state index contributed by atoms with van der Waals surface area (Å²) in [5, 5.41) is 1.56. The van der Waals surface area contributed by atoms with Gasteiger partial charge in [0, 0.05) is 10.9 Å². The zero-order chi connectivity index (χ0) is 23.8. The molecule has 0 aliphatic carbocycles. The van der Waals surface area contributed by atoms with Crippen LogP contribution in [0.5, 0.6) is 0 Å². The van der Waals surface area contributed by atoms with E-state index in [1.54, 1.807) is 6.07 Å². The molecule has 0 aliphatic heterocycles. The van der Waals surface area contributed by atoms with Gasteiger partial charge in [-0.2, -0.15) is 0 Å². The first-order chi connectivity index (χ1) is 16.7. The highest BCUT2D eigenvalue weighted by atomic mass is 19.1. The second-order valence-corrected chi connectivity index (χ2v) is 9.06. The molecule has 0 N–H and O–H groups in total. The Hall–Kier alpha value is -3.37. The topological polar surface area (TPSA) is 0 Å². The van der Waals surface area contributed by atoms with Gasteiger partial charge in [0.1, 0.15) is 5.82 Å². The van der Waals surface area contributed by atoms with Crippen LogP contribution in [-0.2, 0) is 25.7 Å². The van der Waals surface area contributed by atoms with E-state index in [-0.39, 0.29) is 5.82 Å². The standard InChI is InChI=1S/C33H33F/c1-3-5-6-7-26-8-10-27(11-9-26)12-13-28-14-16-29(17-15-28)18-20-30-21-22-31-24-25(4-2)19-23-32(31)33(30)34/h8-11,14-17,19,21-24H,3-7,12-13H2,1-2H3. The van der Waals surface area contributed by atoms with Gasteiger partial charge >= 0.3 is 0 Å². The number of unbranched alkanes of at least 4 members (excludes halogenated alkanes) is 2. The summed E-state index contributed by atoms with van der Waals surface area (Å²) >= 11 is 0. The summed E-state index contributed by atoms with van der Waals surface area (Å²) in [6, 6.07) is 27.1. The van der Waals surface area contributed by atoms with Crippen molar-refractivity contribution in [2.75, 3.05) is 0 Å². The number of aryl methyl sites for hydroxylation is 4. The van der Waals surface area contributed by atoms with Crippen LogP contribution in [0.4, 0.5) is 4.39 Å². The maximum atomic E-state index is 14.9. The van der Waals surface area contributed by atoms with E-state index in [0.29, 0.717) is 10.9 Å². The summed E-state index contributed by atoms with van der Waals surface area (Å²) in [7, 11) is 0. The van der Waals surface area contributed by atoms with E-state index in [1.165, 1.54) is 47.9 Å². The molecule has 4 rings (SSSR count). The zero-order valence-corrected chi connectivity index (χ0v) is 20.3. The number of benzene rings is 4. The van der Waals surface area contributed by atoms with E-state index in [4.69, 9.17) is 0 Å². The molecule has 1 heteroatoms. The van der Waals surface area contributed by atoms with Crippen molar-refractivity contribution in [2.45, 2.75) is 58.8 Å². The molecule has 172 valence electrons. The van der Waals surface area contributed by atoms with Crippen LogP contribution >= 0.6 is 0 Å². The quantitative estimate of drug-likeness (QED) is 0.187. The number of fused-ring (bicyclic) bond motifs is 1. The van der Waals surface area contributed by atoms with Crippen LogP contribution in [0.15, 0.2) is 78.9 Å². The SMILES string of the molecule is CCCCCc1ccc(CCc2ccc(C#Cc3ccc4cc(CC)ccc4c3F)cc2)cc1. The maximum Gasteiger partial charge on any atom is 0.146 e. The van der Waals surface area contributed by atoms with Crippen LogP contribution in [0.25, 0.3) is 10.8 Å². The molecule has 0 aliphatic rings. The Labute approximate surface area is 203 Å². The molecule has 0 nitrogen and oxygen atoms in total. The smallest absolute Gasteiger partial charge is 0.146 e. The molecule has 0 atom stereocenters. The Balaban J connectivity index is 1.37. The molecule has 0 aromatic heterocycles. The van der Waals surface area contributed by atoms with Crippen molar-refractivity contribution in [3.05, 3.63) is 118 Å². The molecule has 0 saturated carbocycles. The minimum atomic E-state index is -0.236. The highest BCUT2D eigenvalue weighted by Crippen LogP contribution is 2.22. The number of halogens is 1. The van der Waals surface area contributed by atoms with Crippen LogP contribution in [0.2, 0.25) is 0 Å². The van der Waals surface area contributed by atoms with Crippen LogP contribution in [-0.4, -0.2) is 0 Å². The van der Waals surface area contributed by atoms with Crippen molar-refractivity contribution in [2.24, 2.45) is 0 Å². The van der Waals surface area contributed by atoms with Gasteiger partial charge < -0.3 is 0 Å². The fourth-order valence-corrected chi connectivity index (χ4v) is 4.29. The van der Waals surface area contributed by atoms with Crippen LogP contribution < -0.4 is 0 Å². The minimum Gasteiger partial charge on any atom is -0.205 e. The molecule has 4 aromatic rings. The molecule has 0 saturated heterocycles. The molecule has 4 aromatic carbocycles. The Morgan fingerprint density at radius 3 is 1.88 bits per heavy atom. The van der Waals surface area contributed by atoms with Crippen LogP contribution in [0.1, 0.15) is 66.5 Å². The third-order valence-electron chi connectivity index (χ3n) is 6.52. The van der Waals surface area contributed by atoms with Gasteiger partial charge in [-0.25, -0.2) is 4.39 Å². The lowest BCUT2D eigenvalue weighted by molar-refractivity contribution is 0.636. The largest absolute Gasteiger partial charge is 0.205 e. The molecule has 34 heavy (non-hydrogen) atoms. The predicted octanol–water partition coefficient (Wildman–Crippen LogP) is 8.46. The van der Waals surface area contributed by atoms with Gasteiger partial charge in [0.2, 0.25) is 0 Å². The summed E-state index contributed by atoms with van der Waals surface area (Å²) in [6.07, 6.45) is 8.00. The molecular formula is C33H33F. The van der Waals surface area contributed by atoms with Crippen LogP contribution in [0.3, 0.4) is 0 Å². The van der Waals surface area contributed by atoms with E-state index in [1.807, 2.05) is 30.3 Å². The van der Waals surface area contributed by atoms with Crippen molar-refractivity contribution in [1.82, 2.24) is 0 Å².